The Balaban J connectivity index is 1.55. The van der Waals surface area contributed by atoms with Crippen molar-refractivity contribution in [3.8, 4) is 5.69 Å². The Hall–Kier alpha value is -2.04. The number of hydrogen-bond acceptors (Lipinski definition) is 2. The number of carbonyl (C=O) groups excluding carboxylic acids is 1. The van der Waals surface area contributed by atoms with Gasteiger partial charge in [0.2, 0.25) is 0 Å². The average Bonchev–Trinajstić information content (AvgIpc) is 3.08. The van der Waals surface area contributed by atoms with Crippen LogP contribution in [-0.4, -0.2) is 33.4 Å². The van der Waals surface area contributed by atoms with Crippen LogP contribution in [0.1, 0.15) is 42.6 Å². The molecule has 1 aliphatic carbocycles. The van der Waals surface area contributed by atoms with E-state index in [9.17, 15) is 4.79 Å². The Morgan fingerprint density at radius 3 is 2.46 bits per heavy atom. The highest BCUT2D eigenvalue weighted by Gasteiger charge is 2.40. The average molecular weight is 414 g/mol. The summed E-state index contributed by atoms with van der Waals surface area (Å²) in [5.74, 6) is 0.0539. The van der Waals surface area contributed by atoms with Gasteiger partial charge in [0.25, 0.3) is 5.91 Å². The van der Waals surface area contributed by atoms with Gasteiger partial charge in [0.1, 0.15) is 11.3 Å². The van der Waals surface area contributed by atoms with E-state index in [2.05, 4.69) is 4.98 Å². The molecule has 1 spiro atoms. The van der Waals surface area contributed by atoms with Crippen LogP contribution in [0.3, 0.4) is 0 Å². The minimum Gasteiger partial charge on any atom is -0.337 e. The summed E-state index contributed by atoms with van der Waals surface area (Å²) < 4.78 is 1.90. The number of benzene rings is 1. The van der Waals surface area contributed by atoms with Gasteiger partial charge >= 0.3 is 0 Å². The molecule has 0 unspecified atom stereocenters. The van der Waals surface area contributed by atoms with Gasteiger partial charge in [-0.25, -0.2) is 4.98 Å². The van der Waals surface area contributed by atoms with Gasteiger partial charge in [0, 0.05) is 30.4 Å². The number of fused-ring (bicyclic) bond motifs is 1. The summed E-state index contributed by atoms with van der Waals surface area (Å²) >= 11 is 12.4. The fraction of sp³-hybridized carbons (Fsp3) is 0.364. The van der Waals surface area contributed by atoms with Gasteiger partial charge < -0.3 is 4.90 Å². The van der Waals surface area contributed by atoms with E-state index in [1.165, 1.54) is 19.3 Å². The number of amides is 1. The Morgan fingerprint density at radius 1 is 1.00 bits per heavy atom. The van der Waals surface area contributed by atoms with E-state index in [0.29, 0.717) is 21.2 Å². The summed E-state index contributed by atoms with van der Waals surface area (Å²) in [7, 11) is 0. The molecule has 2 aromatic heterocycles. The fourth-order valence-corrected chi connectivity index (χ4v) is 4.89. The number of pyridine rings is 1. The number of nitrogens with zero attached hydrogens (tertiary/aromatic N) is 3. The highest BCUT2D eigenvalue weighted by molar-refractivity contribution is 6.42. The molecule has 1 aromatic carbocycles. The van der Waals surface area contributed by atoms with Crippen LogP contribution < -0.4 is 0 Å². The van der Waals surface area contributed by atoms with E-state index in [0.717, 1.165) is 42.7 Å². The van der Waals surface area contributed by atoms with Crippen LogP contribution in [0, 0.1) is 5.41 Å². The van der Waals surface area contributed by atoms with Crippen LogP contribution in [0.4, 0.5) is 0 Å². The monoisotopic (exact) mass is 413 g/mol. The molecule has 2 aliphatic rings. The minimum absolute atomic E-state index is 0.0539. The highest BCUT2D eigenvalue weighted by Crippen LogP contribution is 2.49. The van der Waals surface area contributed by atoms with Crippen LogP contribution in [0.5, 0.6) is 0 Å². The molecule has 1 aliphatic heterocycles. The van der Waals surface area contributed by atoms with E-state index in [-0.39, 0.29) is 5.91 Å². The van der Waals surface area contributed by atoms with Crippen LogP contribution in [0.25, 0.3) is 16.7 Å². The number of likely N-dealkylation sites (tertiary alicyclic amines) is 1. The summed E-state index contributed by atoms with van der Waals surface area (Å²) in [4.78, 5) is 20.0. The lowest BCUT2D eigenvalue weighted by molar-refractivity contribution is 0.0282. The van der Waals surface area contributed by atoms with Crippen molar-refractivity contribution in [1.82, 2.24) is 14.5 Å². The second kappa shape index (κ2) is 6.78. The summed E-state index contributed by atoms with van der Waals surface area (Å²) in [6.07, 6.45) is 7.95. The maximum Gasteiger partial charge on any atom is 0.270 e. The third-order valence-corrected chi connectivity index (χ3v) is 7.21. The summed E-state index contributed by atoms with van der Waals surface area (Å²) in [6, 6.07) is 11.2. The fourth-order valence-electron chi connectivity index (χ4n) is 4.60. The second-order valence-electron chi connectivity index (χ2n) is 8.03. The smallest absolute Gasteiger partial charge is 0.270 e. The maximum atomic E-state index is 13.5. The molecule has 6 heteroatoms. The first-order chi connectivity index (χ1) is 13.6. The normalized spacial score (nSPS) is 18.4. The number of piperidine rings is 1. The molecule has 28 heavy (non-hydrogen) atoms. The van der Waals surface area contributed by atoms with Gasteiger partial charge in [0.15, 0.2) is 0 Å². The van der Waals surface area contributed by atoms with Crippen molar-refractivity contribution in [3.63, 3.8) is 0 Å². The highest BCUT2D eigenvalue weighted by atomic mass is 35.5. The van der Waals surface area contributed by atoms with Crippen molar-refractivity contribution >= 4 is 40.1 Å². The number of hydrogen-bond donors (Lipinski definition) is 0. The summed E-state index contributed by atoms with van der Waals surface area (Å²) in [5.41, 5.74) is 2.67. The van der Waals surface area contributed by atoms with E-state index < -0.39 is 0 Å². The van der Waals surface area contributed by atoms with Crippen molar-refractivity contribution in [2.45, 2.75) is 32.1 Å². The van der Waals surface area contributed by atoms with Crippen LogP contribution in [-0.2, 0) is 0 Å². The molecule has 0 atom stereocenters. The molecule has 4 nitrogen and oxygen atoms in total. The number of rotatable bonds is 2. The molecule has 0 bridgehead atoms. The van der Waals surface area contributed by atoms with Gasteiger partial charge in [-0.2, -0.15) is 0 Å². The lowest BCUT2D eigenvalue weighted by Gasteiger charge is -2.48. The van der Waals surface area contributed by atoms with E-state index in [1.807, 2.05) is 33.7 Å². The first kappa shape index (κ1) is 18.0. The zero-order valence-corrected chi connectivity index (χ0v) is 17.0. The van der Waals surface area contributed by atoms with Gasteiger partial charge in [-0.3, -0.25) is 9.36 Å². The van der Waals surface area contributed by atoms with Gasteiger partial charge in [0.05, 0.1) is 10.0 Å². The van der Waals surface area contributed by atoms with Crippen LogP contribution in [0.2, 0.25) is 10.0 Å². The predicted octanol–water partition coefficient (Wildman–Crippen LogP) is 5.74. The molecule has 5 rings (SSSR count). The van der Waals surface area contributed by atoms with Crippen molar-refractivity contribution in [1.29, 1.82) is 0 Å². The van der Waals surface area contributed by atoms with E-state index in [4.69, 9.17) is 23.2 Å². The van der Waals surface area contributed by atoms with Crippen LogP contribution in [0.15, 0.2) is 42.6 Å². The van der Waals surface area contributed by atoms with Crippen molar-refractivity contribution in [2.24, 2.45) is 5.41 Å². The molecule has 0 radical (unpaired) electrons. The first-order valence-electron chi connectivity index (χ1n) is 9.78. The molecule has 0 N–H and O–H groups in total. The van der Waals surface area contributed by atoms with Gasteiger partial charge in [-0.1, -0.05) is 29.6 Å². The molecular weight excluding hydrogens is 393 g/mol. The molecule has 1 amide bonds. The molecule has 144 valence electrons. The molecule has 2 fully saturated rings. The second-order valence-corrected chi connectivity index (χ2v) is 8.84. The standard InChI is InChI=1S/C22H21Cl2N3O/c23-17-5-4-16(14-18(17)24)27-19(13-15-3-1-10-25-20(15)27)21(28)26-11-8-22(9-12-26)6-2-7-22/h1,3-5,10,13-14H,2,6-9,11-12H2. The Bertz CT molecular complexity index is 1060. The third kappa shape index (κ3) is 2.90. The molecule has 1 saturated heterocycles. The van der Waals surface area contributed by atoms with Crippen molar-refractivity contribution in [3.05, 3.63) is 58.3 Å². The van der Waals surface area contributed by atoms with Crippen LogP contribution >= 0.6 is 23.2 Å². The number of carbonyl (C=O) groups is 1. The zero-order valence-electron chi connectivity index (χ0n) is 15.5. The Kier molecular flexibility index (Phi) is 4.37. The maximum absolute atomic E-state index is 13.5. The first-order valence-corrected chi connectivity index (χ1v) is 10.5. The van der Waals surface area contributed by atoms with Crippen molar-refractivity contribution < 1.29 is 4.79 Å². The number of aromatic nitrogens is 2. The van der Waals surface area contributed by atoms with Crippen molar-refractivity contribution in [2.75, 3.05) is 13.1 Å². The van der Waals surface area contributed by atoms with Gasteiger partial charge in [-0.05, 0) is 67.5 Å². The third-order valence-electron chi connectivity index (χ3n) is 6.47. The number of halogens is 2. The zero-order chi connectivity index (χ0) is 19.3. The summed E-state index contributed by atoms with van der Waals surface area (Å²) in [5, 5.41) is 1.88. The predicted molar refractivity (Wildman–Crippen MR) is 113 cm³/mol. The topological polar surface area (TPSA) is 38.1 Å². The Morgan fingerprint density at radius 2 is 1.79 bits per heavy atom. The lowest BCUT2D eigenvalue weighted by Crippen LogP contribution is -2.46. The molecule has 1 saturated carbocycles. The lowest BCUT2D eigenvalue weighted by atomic mass is 9.63. The Labute approximate surface area is 174 Å². The molecular formula is C22H21Cl2N3O. The SMILES string of the molecule is O=C(c1cc2cccnc2n1-c1ccc(Cl)c(Cl)c1)N1CCC2(CCC2)CC1. The van der Waals surface area contributed by atoms with Gasteiger partial charge in [-0.15, -0.1) is 0 Å². The summed E-state index contributed by atoms with van der Waals surface area (Å²) in [6.45, 7) is 1.66. The molecule has 3 heterocycles. The minimum atomic E-state index is 0.0539. The molecule has 3 aromatic rings. The van der Waals surface area contributed by atoms with E-state index >= 15 is 0 Å². The quantitative estimate of drug-likeness (QED) is 0.537. The largest absolute Gasteiger partial charge is 0.337 e. The van der Waals surface area contributed by atoms with E-state index in [1.54, 1.807) is 18.3 Å².